The smallest absolute Gasteiger partial charge is 0.317 e. The molecule has 22 heavy (non-hydrogen) atoms. The van der Waals surface area contributed by atoms with E-state index in [9.17, 15) is 18.0 Å². The highest BCUT2D eigenvalue weighted by atomic mass is 35.5. The summed E-state index contributed by atoms with van der Waals surface area (Å²) in [5.74, 6) is 0.315. The van der Waals surface area contributed by atoms with Gasteiger partial charge in [-0.05, 0) is 38.3 Å². The number of rotatable bonds is 5. The number of nitrogens with zero attached hydrogens (tertiary/aromatic N) is 2. The second-order valence-electron chi connectivity index (χ2n) is 5.07. The van der Waals surface area contributed by atoms with E-state index >= 15 is 0 Å². The Balaban J connectivity index is 0.00000242. The van der Waals surface area contributed by atoms with Gasteiger partial charge >= 0.3 is 6.18 Å². The summed E-state index contributed by atoms with van der Waals surface area (Å²) in [6, 6.07) is 0. The van der Waals surface area contributed by atoms with Crippen molar-refractivity contribution in [1.82, 2.24) is 15.5 Å². The lowest BCUT2D eigenvalue weighted by atomic mass is 9.93. The van der Waals surface area contributed by atoms with Crippen LogP contribution >= 0.6 is 23.7 Å². The molecule has 2 heterocycles. The van der Waals surface area contributed by atoms with Crippen LogP contribution < -0.4 is 10.6 Å². The Morgan fingerprint density at radius 2 is 2.00 bits per heavy atom. The third kappa shape index (κ3) is 6.89. The molecule has 0 unspecified atom stereocenters. The van der Waals surface area contributed by atoms with Crippen molar-refractivity contribution in [3.05, 3.63) is 5.01 Å². The average Bonchev–Trinajstić information content (AvgIpc) is 2.82. The lowest BCUT2D eigenvalue weighted by molar-refractivity contribution is -0.127. The Hall–Kier alpha value is -0.930. The topological polar surface area (TPSA) is 66.9 Å². The number of hydrogen-bond acceptors (Lipinski definition) is 5. The molecule has 10 heteroatoms. The minimum absolute atomic E-state index is 0. The molecule has 0 radical (unpaired) electrons. The van der Waals surface area contributed by atoms with Crippen molar-refractivity contribution in [2.75, 3.05) is 18.4 Å². The van der Waals surface area contributed by atoms with Crippen LogP contribution in [0.2, 0.25) is 0 Å². The van der Waals surface area contributed by atoms with E-state index in [0.717, 1.165) is 43.7 Å². The van der Waals surface area contributed by atoms with Gasteiger partial charge in [0.05, 0.1) is 6.42 Å². The Labute approximate surface area is 136 Å². The fourth-order valence-corrected chi connectivity index (χ4v) is 3.02. The van der Waals surface area contributed by atoms with Crippen molar-refractivity contribution in [3.8, 4) is 0 Å². The van der Waals surface area contributed by atoms with Gasteiger partial charge in [-0.1, -0.05) is 11.3 Å². The second kappa shape index (κ2) is 8.64. The first-order valence-electron chi connectivity index (χ1n) is 6.82. The van der Waals surface area contributed by atoms with Crippen LogP contribution in [0.5, 0.6) is 0 Å². The van der Waals surface area contributed by atoms with Gasteiger partial charge in [-0.15, -0.1) is 22.6 Å². The van der Waals surface area contributed by atoms with E-state index in [1.165, 1.54) is 0 Å². The molecule has 1 aliphatic heterocycles. The molecule has 0 spiro atoms. The molecule has 0 bridgehead atoms. The highest BCUT2D eigenvalue weighted by Crippen LogP contribution is 2.25. The number of aromatic nitrogens is 2. The Kier molecular flexibility index (Phi) is 7.51. The zero-order valence-corrected chi connectivity index (χ0v) is 13.4. The first-order valence-corrected chi connectivity index (χ1v) is 7.64. The number of carbonyl (C=O) groups is 1. The van der Waals surface area contributed by atoms with E-state index in [1.807, 2.05) is 0 Å². The Morgan fingerprint density at radius 3 is 2.64 bits per heavy atom. The van der Waals surface area contributed by atoms with Gasteiger partial charge in [-0.25, -0.2) is 0 Å². The number of alkyl halides is 3. The number of nitrogens with one attached hydrogen (secondary N) is 2. The van der Waals surface area contributed by atoms with E-state index in [0.29, 0.717) is 12.3 Å². The molecule has 0 aliphatic carbocycles. The van der Waals surface area contributed by atoms with E-state index in [1.54, 1.807) is 0 Å². The molecule has 1 aromatic heterocycles. The van der Waals surface area contributed by atoms with Gasteiger partial charge in [-0.3, -0.25) is 4.79 Å². The number of carbonyl (C=O) groups excluding carboxylic acids is 1. The van der Waals surface area contributed by atoms with Crippen molar-refractivity contribution >= 4 is 34.8 Å². The number of piperidine rings is 1. The third-order valence-electron chi connectivity index (χ3n) is 3.30. The first-order chi connectivity index (χ1) is 9.92. The summed E-state index contributed by atoms with van der Waals surface area (Å²) in [6.45, 7) is 1.95. The second-order valence-corrected chi connectivity index (χ2v) is 6.14. The monoisotopic (exact) mass is 358 g/mol. The van der Waals surface area contributed by atoms with Gasteiger partial charge in [0.1, 0.15) is 5.01 Å². The zero-order chi connectivity index (χ0) is 15.3. The largest absolute Gasteiger partial charge is 0.395 e. The molecular formula is C12H18ClF3N4OS. The normalized spacial score (nSPS) is 16.1. The summed E-state index contributed by atoms with van der Waals surface area (Å²) < 4.78 is 36.6. The maximum absolute atomic E-state index is 12.2. The van der Waals surface area contributed by atoms with Crippen LogP contribution in [0.25, 0.3) is 0 Å². The summed E-state index contributed by atoms with van der Waals surface area (Å²) in [7, 11) is 0. The van der Waals surface area contributed by atoms with E-state index in [2.05, 4.69) is 20.8 Å². The molecule has 1 aromatic rings. The average molecular weight is 359 g/mol. The van der Waals surface area contributed by atoms with Crippen molar-refractivity contribution in [3.63, 3.8) is 0 Å². The van der Waals surface area contributed by atoms with Crippen LogP contribution in [-0.2, 0) is 11.2 Å². The molecule has 1 amide bonds. The molecule has 126 valence electrons. The molecule has 0 saturated carbocycles. The molecule has 1 fully saturated rings. The van der Waals surface area contributed by atoms with Crippen molar-refractivity contribution in [2.45, 2.75) is 38.3 Å². The van der Waals surface area contributed by atoms with Crippen LogP contribution in [0.1, 0.15) is 30.7 Å². The third-order valence-corrected chi connectivity index (χ3v) is 4.14. The molecule has 1 saturated heterocycles. The summed E-state index contributed by atoms with van der Waals surface area (Å²) in [5, 5.41) is 12.7. The number of halogens is 4. The van der Waals surface area contributed by atoms with Crippen molar-refractivity contribution in [2.24, 2.45) is 5.92 Å². The molecule has 2 N–H and O–H groups in total. The standard InChI is InChI=1S/C12H17F3N4OS.ClH/c13-12(14,15)7-10-18-19-11(21-10)17-9(20)2-1-8-3-5-16-6-4-8;/h8,16H,1-7H2,(H,17,19,20);1H. The van der Waals surface area contributed by atoms with Crippen molar-refractivity contribution < 1.29 is 18.0 Å². The fourth-order valence-electron chi connectivity index (χ4n) is 2.23. The summed E-state index contributed by atoms with van der Waals surface area (Å²) in [4.78, 5) is 11.7. The van der Waals surface area contributed by atoms with Gasteiger partial charge in [0.25, 0.3) is 0 Å². The lowest BCUT2D eigenvalue weighted by Crippen LogP contribution is -2.28. The van der Waals surface area contributed by atoms with Crippen LogP contribution in [0.15, 0.2) is 0 Å². The molecule has 1 aliphatic rings. The van der Waals surface area contributed by atoms with Gasteiger partial charge in [0, 0.05) is 6.42 Å². The van der Waals surface area contributed by atoms with Gasteiger partial charge in [0.2, 0.25) is 11.0 Å². The van der Waals surface area contributed by atoms with E-state index in [-0.39, 0.29) is 28.5 Å². The summed E-state index contributed by atoms with van der Waals surface area (Å²) in [6.07, 6.45) is -2.16. The molecule has 0 atom stereocenters. The lowest BCUT2D eigenvalue weighted by Gasteiger charge is -2.21. The molecule has 5 nitrogen and oxygen atoms in total. The maximum atomic E-state index is 12.2. The van der Waals surface area contributed by atoms with Crippen LogP contribution in [0.4, 0.5) is 18.3 Å². The van der Waals surface area contributed by atoms with Gasteiger partial charge in [0.15, 0.2) is 0 Å². The predicted molar refractivity (Wildman–Crippen MR) is 80.4 cm³/mol. The highest BCUT2D eigenvalue weighted by molar-refractivity contribution is 7.15. The zero-order valence-electron chi connectivity index (χ0n) is 11.8. The Morgan fingerprint density at radius 1 is 1.32 bits per heavy atom. The van der Waals surface area contributed by atoms with Crippen LogP contribution in [0.3, 0.4) is 0 Å². The molecular weight excluding hydrogens is 341 g/mol. The van der Waals surface area contributed by atoms with Gasteiger partial charge in [-0.2, -0.15) is 13.2 Å². The summed E-state index contributed by atoms with van der Waals surface area (Å²) >= 11 is 0.765. The molecule has 0 aromatic carbocycles. The number of hydrogen-bond donors (Lipinski definition) is 2. The number of anilines is 1. The van der Waals surface area contributed by atoms with Crippen LogP contribution in [-0.4, -0.2) is 35.4 Å². The maximum Gasteiger partial charge on any atom is 0.395 e. The first kappa shape index (κ1) is 19.1. The highest BCUT2D eigenvalue weighted by Gasteiger charge is 2.30. The fraction of sp³-hybridized carbons (Fsp3) is 0.750. The molecule has 2 rings (SSSR count). The quantitative estimate of drug-likeness (QED) is 0.849. The minimum atomic E-state index is -4.31. The minimum Gasteiger partial charge on any atom is -0.317 e. The SMILES string of the molecule is Cl.O=C(CCC1CCNCC1)Nc1nnc(CC(F)(F)F)s1. The van der Waals surface area contributed by atoms with Gasteiger partial charge < -0.3 is 10.6 Å². The number of amides is 1. The summed E-state index contributed by atoms with van der Waals surface area (Å²) in [5.41, 5.74) is 0. The Bertz CT molecular complexity index is 477. The van der Waals surface area contributed by atoms with E-state index in [4.69, 9.17) is 0 Å². The van der Waals surface area contributed by atoms with E-state index < -0.39 is 12.6 Å². The van der Waals surface area contributed by atoms with Crippen LogP contribution in [0, 0.1) is 5.92 Å². The van der Waals surface area contributed by atoms with Crippen molar-refractivity contribution in [1.29, 1.82) is 0 Å². The predicted octanol–water partition coefficient (Wildman–Crippen LogP) is 2.78.